The van der Waals surface area contributed by atoms with Crippen molar-refractivity contribution in [3.63, 3.8) is 0 Å². The average Bonchev–Trinajstić information content (AvgIpc) is 2.02. The molecule has 3 heteroatoms. The summed E-state index contributed by atoms with van der Waals surface area (Å²) < 4.78 is 18.3. The lowest BCUT2D eigenvalue weighted by atomic mass is 9.96. The molecular formula is C10H12FNO. The van der Waals surface area contributed by atoms with Crippen molar-refractivity contribution in [1.29, 1.82) is 0 Å². The maximum absolute atomic E-state index is 13.0. The molecular weight excluding hydrogens is 169 g/mol. The number of fused-ring (bicyclic) bond motifs is 1. The molecule has 2 rings (SSSR count). The number of aryl methyl sites for hydroxylation is 1. The van der Waals surface area contributed by atoms with Gasteiger partial charge >= 0.3 is 0 Å². The molecule has 0 saturated carbocycles. The van der Waals surface area contributed by atoms with Crippen molar-refractivity contribution >= 4 is 0 Å². The first-order chi connectivity index (χ1) is 6.18. The van der Waals surface area contributed by atoms with Crippen LogP contribution in [0.25, 0.3) is 0 Å². The fourth-order valence-corrected chi connectivity index (χ4v) is 1.76. The highest BCUT2D eigenvalue weighted by Gasteiger charge is 2.20. The summed E-state index contributed by atoms with van der Waals surface area (Å²) in [6.07, 6.45) is 0.805. The van der Waals surface area contributed by atoms with Gasteiger partial charge in [0.1, 0.15) is 11.6 Å². The van der Waals surface area contributed by atoms with Gasteiger partial charge < -0.3 is 10.5 Å². The molecule has 2 nitrogen and oxygen atoms in total. The Labute approximate surface area is 76.5 Å². The molecule has 1 aromatic carbocycles. The third kappa shape index (κ3) is 1.40. The summed E-state index contributed by atoms with van der Waals surface area (Å²) in [5.41, 5.74) is 7.72. The van der Waals surface area contributed by atoms with Gasteiger partial charge in [0.2, 0.25) is 0 Å². The van der Waals surface area contributed by atoms with Gasteiger partial charge in [-0.2, -0.15) is 0 Å². The second-order valence-electron chi connectivity index (χ2n) is 3.38. The molecule has 2 N–H and O–H groups in total. The van der Waals surface area contributed by atoms with Crippen molar-refractivity contribution in [2.45, 2.75) is 19.4 Å². The molecule has 0 radical (unpaired) electrons. The number of halogens is 1. The maximum atomic E-state index is 13.0. The Morgan fingerprint density at radius 2 is 2.31 bits per heavy atom. The van der Waals surface area contributed by atoms with Crippen LogP contribution in [0.4, 0.5) is 4.39 Å². The summed E-state index contributed by atoms with van der Waals surface area (Å²) in [6.45, 7) is 2.44. The van der Waals surface area contributed by atoms with E-state index >= 15 is 0 Å². The van der Waals surface area contributed by atoms with Crippen molar-refractivity contribution in [3.8, 4) is 5.75 Å². The lowest BCUT2D eigenvalue weighted by molar-refractivity contribution is 0.267. The highest BCUT2D eigenvalue weighted by Crippen LogP contribution is 2.33. The van der Waals surface area contributed by atoms with E-state index in [0.717, 1.165) is 17.5 Å². The molecule has 0 saturated heterocycles. The first-order valence-corrected chi connectivity index (χ1v) is 4.37. The largest absolute Gasteiger partial charge is 0.493 e. The second kappa shape index (κ2) is 3.00. The lowest BCUT2D eigenvalue weighted by Crippen LogP contribution is -2.21. The molecule has 1 aliphatic heterocycles. The second-order valence-corrected chi connectivity index (χ2v) is 3.38. The Bertz CT molecular complexity index is 338. The number of rotatable bonds is 0. The van der Waals surface area contributed by atoms with E-state index in [-0.39, 0.29) is 11.9 Å². The van der Waals surface area contributed by atoms with E-state index in [2.05, 4.69) is 0 Å². The van der Waals surface area contributed by atoms with Crippen LogP contribution in [-0.2, 0) is 0 Å². The van der Waals surface area contributed by atoms with Crippen molar-refractivity contribution < 1.29 is 9.13 Å². The molecule has 1 aromatic rings. The number of hydrogen-bond acceptors (Lipinski definition) is 2. The van der Waals surface area contributed by atoms with E-state index in [1.807, 2.05) is 6.92 Å². The highest BCUT2D eigenvalue weighted by atomic mass is 19.1. The van der Waals surface area contributed by atoms with Gasteiger partial charge in [-0.25, -0.2) is 4.39 Å². The summed E-state index contributed by atoms with van der Waals surface area (Å²) in [5.74, 6) is 0.349. The highest BCUT2D eigenvalue weighted by molar-refractivity contribution is 5.43. The van der Waals surface area contributed by atoms with Crippen molar-refractivity contribution in [3.05, 3.63) is 29.1 Å². The summed E-state index contributed by atoms with van der Waals surface area (Å²) in [7, 11) is 0. The van der Waals surface area contributed by atoms with Crippen LogP contribution in [0.2, 0.25) is 0 Å². The Morgan fingerprint density at radius 1 is 1.54 bits per heavy atom. The van der Waals surface area contributed by atoms with E-state index in [9.17, 15) is 4.39 Å². The minimum absolute atomic E-state index is 0.00986. The van der Waals surface area contributed by atoms with E-state index in [1.165, 1.54) is 12.1 Å². The molecule has 1 heterocycles. The third-order valence-corrected chi connectivity index (χ3v) is 2.37. The molecule has 1 atom stereocenters. The predicted molar refractivity (Wildman–Crippen MR) is 48.2 cm³/mol. The van der Waals surface area contributed by atoms with Crippen molar-refractivity contribution in [1.82, 2.24) is 0 Å². The molecule has 0 amide bonds. The first kappa shape index (κ1) is 8.51. The first-order valence-electron chi connectivity index (χ1n) is 4.37. The normalized spacial score (nSPS) is 20.7. The quantitative estimate of drug-likeness (QED) is 0.663. The number of hydrogen-bond donors (Lipinski definition) is 1. The van der Waals surface area contributed by atoms with Crippen LogP contribution in [0.3, 0.4) is 0 Å². The van der Waals surface area contributed by atoms with Gasteiger partial charge in [-0.05, 0) is 18.6 Å². The molecule has 0 bridgehead atoms. The van der Waals surface area contributed by atoms with Crippen molar-refractivity contribution in [2.24, 2.45) is 5.73 Å². The Balaban J connectivity index is 2.56. The van der Waals surface area contributed by atoms with Gasteiger partial charge in [-0.15, -0.1) is 0 Å². The van der Waals surface area contributed by atoms with Gasteiger partial charge in [0.05, 0.1) is 6.61 Å². The van der Waals surface area contributed by atoms with E-state index < -0.39 is 0 Å². The van der Waals surface area contributed by atoms with E-state index in [1.54, 1.807) is 0 Å². The van der Waals surface area contributed by atoms with Crippen LogP contribution in [0.5, 0.6) is 5.75 Å². The summed E-state index contributed by atoms with van der Waals surface area (Å²) in [6, 6.07) is 2.89. The fourth-order valence-electron chi connectivity index (χ4n) is 1.76. The number of benzene rings is 1. The molecule has 70 valence electrons. The minimum Gasteiger partial charge on any atom is -0.493 e. The summed E-state index contributed by atoms with van der Waals surface area (Å²) in [4.78, 5) is 0. The maximum Gasteiger partial charge on any atom is 0.127 e. The monoisotopic (exact) mass is 181 g/mol. The van der Waals surface area contributed by atoms with Crippen LogP contribution >= 0.6 is 0 Å². The summed E-state index contributed by atoms with van der Waals surface area (Å²) in [5, 5.41) is 0. The van der Waals surface area contributed by atoms with Crippen LogP contribution in [-0.4, -0.2) is 6.61 Å². The molecule has 0 spiro atoms. The topological polar surface area (TPSA) is 35.2 Å². The average molecular weight is 181 g/mol. The Kier molecular flexibility index (Phi) is 1.96. The van der Waals surface area contributed by atoms with Crippen LogP contribution in [0.15, 0.2) is 12.1 Å². The third-order valence-electron chi connectivity index (χ3n) is 2.37. The molecule has 0 aromatic heterocycles. The predicted octanol–water partition coefficient (Wildman–Crippen LogP) is 1.92. The van der Waals surface area contributed by atoms with Gasteiger partial charge in [0.25, 0.3) is 0 Å². The zero-order valence-corrected chi connectivity index (χ0v) is 7.51. The molecule has 1 aliphatic rings. The zero-order valence-electron chi connectivity index (χ0n) is 7.51. The zero-order chi connectivity index (χ0) is 9.42. The van der Waals surface area contributed by atoms with Gasteiger partial charge in [0.15, 0.2) is 0 Å². The van der Waals surface area contributed by atoms with E-state index in [0.29, 0.717) is 12.4 Å². The molecule has 0 aliphatic carbocycles. The molecule has 1 unspecified atom stereocenters. The molecule has 13 heavy (non-hydrogen) atoms. The van der Waals surface area contributed by atoms with Gasteiger partial charge in [-0.1, -0.05) is 0 Å². The SMILES string of the molecule is Cc1cc(F)cc2c1C(N)CCO2. The lowest BCUT2D eigenvalue weighted by Gasteiger charge is -2.24. The summed E-state index contributed by atoms with van der Waals surface area (Å²) >= 11 is 0. The fraction of sp³-hybridized carbons (Fsp3) is 0.400. The molecule has 0 fully saturated rings. The van der Waals surface area contributed by atoms with Crippen molar-refractivity contribution in [2.75, 3.05) is 6.61 Å². The Hall–Kier alpha value is -1.09. The number of ether oxygens (including phenoxy) is 1. The number of nitrogens with two attached hydrogens (primary N) is 1. The van der Waals surface area contributed by atoms with Crippen LogP contribution < -0.4 is 10.5 Å². The smallest absolute Gasteiger partial charge is 0.127 e. The standard InChI is InChI=1S/C10H12FNO/c1-6-4-7(11)5-9-10(6)8(12)2-3-13-9/h4-5,8H,2-3,12H2,1H3. The minimum atomic E-state index is -0.259. The van der Waals surface area contributed by atoms with Crippen LogP contribution in [0.1, 0.15) is 23.6 Å². The van der Waals surface area contributed by atoms with Crippen LogP contribution in [0, 0.1) is 12.7 Å². The van der Waals surface area contributed by atoms with Gasteiger partial charge in [0, 0.05) is 24.1 Å². The Morgan fingerprint density at radius 3 is 3.08 bits per heavy atom. The van der Waals surface area contributed by atoms with E-state index in [4.69, 9.17) is 10.5 Å². The van der Waals surface area contributed by atoms with Gasteiger partial charge in [-0.3, -0.25) is 0 Å².